The van der Waals surface area contributed by atoms with E-state index >= 15 is 0 Å². The Morgan fingerprint density at radius 2 is 1.50 bits per heavy atom. The summed E-state index contributed by atoms with van der Waals surface area (Å²) in [5.41, 5.74) is 4.38. The van der Waals surface area contributed by atoms with Crippen molar-refractivity contribution in [3.05, 3.63) is 80.4 Å². The molecule has 0 aromatic heterocycles. The lowest BCUT2D eigenvalue weighted by Gasteiger charge is -2.56. The van der Waals surface area contributed by atoms with E-state index in [1.54, 1.807) is 12.1 Å². The third kappa shape index (κ3) is 14.9. The van der Waals surface area contributed by atoms with Crippen LogP contribution in [0.3, 0.4) is 0 Å². The van der Waals surface area contributed by atoms with Crippen LogP contribution in [0.4, 0.5) is 0 Å². The second-order valence-electron chi connectivity index (χ2n) is 20.7. The fraction of sp³-hybridized carbons (Fsp3) is 0.673. The molecule has 0 bridgehead atoms. The van der Waals surface area contributed by atoms with Gasteiger partial charge in [-0.15, -0.1) is 0 Å². The van der Waals surface area contributed by atoms with Crippen LogP contribution in [-0.2, 0) is 18.4 Å². The third-order valence-electron chi connectivity index (χ3n) is 13.6. The lowest BCUT2D eigenvalue weighted by Crippen LogP contribution is -2.59. The largest absolute Gasteiger partial charge is 0.454 e. The monoisotopic (exact) mass is 900 g/mol. The SMILES string of the molecule is CC(C)=CCC/C(C)=C/[C@@H](C/C(C)=C/CC[C@@]1(CO[Si](C)(C)C(C)(C)C)[C@H](CCCO[Si](C)(C)C(C)(C)C)/C(=C(/C)C=O)CC[C@]1(C)O)OC(=O)c1ccc(Br)cc1. The predicted octanol–water partition coefficient (Wildman–Crippen LogP) is 14.3. The van der Waals surface area contributed by atoms with E-state index in [4.69, 9.17) is 13.6 Å². The minimum atomic E-state index is -2.22. The smallest absolute Gasteiger partial charge is 0.338 e. The Bertz CT molecular complexity index is 1630. The highest BCUT2D eigenvalue weighted by molar-refractivity contribution is 9.10. The molecule has 9 heteroatoms. The van der Waals surface area contributed by atoms with Crippen molar-refractivity contribution < 1.29 is 28.3 Å². The fourth-order valence-corrected chi connectivity index (χ4v) is 9.93. The number of allylic oxidation sites excluding steroid dienone is 6. The van der Waals surface area contributed by atoms with Crippen LogP contribution >= 0.6 is 15.9 Å². The van der Waals surface area contributed by atoms with Gasteiger partial charge in [0.2, 0.25) is 0 Å². The number of benzene rings is 1. The van der Waals surface area contributed by atoms with E-state index in [0.717, 1.165) is 53.2 Å². The second kappa shape index (κ2) is 21.8. The van der Waals surface area contributed by atoms with Crippen LogP contribution in [0.25, 0.3) is 0 Å². The average molecular weight is 902 g/mol. The summed E-state index contributed by atoms with van der Waals surface area (Å²) in [6.07, 6.45) is 13.9. The van der Waals surface area contributed by atoms with E-state index < -0.39 is 33.8 Å². The molecule has 1 saturated carbocycles. The highest BCUT2D eigenvalue weighted by Gasteiger charge is 2.56. The normalized spacial score (nSPS) is 22.7. The molecule has 1 aromatic carbocycles. The van der Waals surface area contributed by atoms with Crippen molar-refractivity contribution >= 4 is 44.8 Å². The van der Waals surface area contributed by atoms with Gasteiger partial charge in [0.25, 0.3) is 0 Å². The van der Waals surface area contributed by atoms with Crippen molar-refractivity contribution in [2.24, 2.45) is 11.3 Å². The standard InChI is InChI=1S/C49H81BrO6Si2/c1-36(2)20-17-21-37(3)32-42(56-45(52)40-24-26-41(50)27-25-40)33-38(4)22-18-29-49(35-55-58(15,16)47(9,10)11)44(23-19-31-54-57(13,14)46(6,7)8)43(39(5)34-51)28-30-48(49,12)53/h20,22,24-27,32,34,42,44,53H,17-19,21,23,28-31,33,35H2,1-16H3/b37-32+,38-22+,43-39-/t42-,44+,48-,49+/m0/s1. The summed E-state index contributed by atoms with van der Waals surface area (Å²) in [6, 6.07) is 7.27. The number of rotatable bonds is 20. The minimum absolute atomic E-state index is 0.00487. The first-order chi connectivity index (χ1) is 26.6. The van der Waals surface area contributed by atoms with Crippen LogP contribution in [0.1, 0.15) is 151 Å². The Labute approximate surface area is 365 Å². The zero-order valence-corrected chi connectivity index (χ0v) is 43.0. The Morgan fingerprint density at radius 1 is 0.914 bits per heavy atom. The maximum atomic E-state index is 13.4. The van der Waals surface area contributed by atoms with E-state index in [9.17, 15) is 14.7 Å². The molecule has 1 N–H and O–H groups in total. The molecule has 58 heavy (non-hydrogen) atoms. The molecule has 2 rings (SSSR count). The van der Waals surface area contributed by atoms with E-state index in [1.165, 1.54) is 11.1 Å². The van der Waals surface area contributed by atoms with Crippen LogP contribution < -0.4 is 0 Å². The average Bonchev–Trinajstić information content (AvgIpc) is 3.09. The lowest BCUT2D eigenvalue weighted by atomic mass is 9.53. The summed E-state index contributed by atoms with van der Waals surface area (Å²) >= 11 is 3.47. The maximum Gasteiger partial charge on any atom is 0.338 e. The molecule has 1 aliphatic rings. The lowest BCUT2D eigenvalue weighted by molar-refractivity contribution is -0.144. The number of carbonyl (C=O) groups excluding carboxylic acids is 2. The van der Waals surface area contributed by atoms with Crippen molar-refractivity contribution in [2.45, 2.75) is 189 Å². The van der Waals surface area contributed by atoms with Gasteiger partial charge in [-0.25, -0.2) is 4.79 Å². The first kappa shape index (κ1) is 52.3. The summed E-state index contributed by atoms with van der Waals surface area (Å²) in [5.74, 6) is -0.391. The van der Waals surface area contributed by atoms with Crippen LogP contribution in [0.5, 0.6) is 0 Å². The van der Waals surface area contributed by atoms with Gasteiger partial charge in [0, 0.05) is 29.5 Å². The molecular weight excluding hydrogens is 821 g/mol. The number of hydrogen-bond acceptors (Lipinski definition) is 6. The van der Waals surface area contributed by atoms with Gasteiger partial charge in [-0.3, -0.25) is 4.79 Å². The van der Waals surface area contributed by atoms with Gasteiger partial charge in [-0.1, -0.05) is 91.9 Å². The van der Waals surface area contributed by atoms with Gasteiger partial charge >= 0.3 is 5.97 Å². The number of hydrogen-bond donors (Lipinski definition) is 1. The predicted molar refractivity (Wildman–Crippen MR) is 253 cm³/mol. The Kier molecular flexibility index (Phi) is 19.6. The van der Waals surface area contributed by atoms with Crippen LogP contribution in [-0.4, -0.2) is 58.9 Å². The molecule has 0 unspecified atom stereocenters. The molecule has 0 amide bonds. The number of aldehydes is 1. The van der Waals surface area contributed by atoms with Gasteiger partial charge < -0.3 is 18.7 Å². The number of ether oxygens (including phenoxy) is 1. The molecule has 1 fully saturated rings. The van der Waals surface area contributed by atoms with Crippen molar-refractivity contribution in [2.75, 3.05) is 13.2 Å². The summed E-state index contributed by atoms with van der Waals surface area (Å²) in [4.78, 5) is 25.9. The van der Waals surface area contributed by atoms with Crippen molar-refractivity contribution in [3.63, 3.8) is 0 Å². The summed E-state index contributed by atoms with van der Waals surface area (Å²) in [5, 5.41) is 12.8. The fourth-order valence-electron chi connectivity index (χ4n) is 7.53. The van der Waals surface area contributed by atoms with E-state index in [1.807, 2.05) is 26.0 Å². The van der Waals surface area contributed by atoms with E-state index in [2.05, 4.69) is 130 Å². The minimum Gasteiger partial charge on any atom is -0.454 e. The Hall–Kier alpha value is -1.89. The van der Waals surface area contributed by atoms with Crippen LogP contribution in [0.2, 0.25) is 36.3 Å². The summed E-state index contributed by atoms with van der Waals surface area (Å²) in [7, 11) is -4.17. The second-order valence-corrected chi connectivity index (χ2v) is 31.2. The first-order valence-corrected chi connectivity index (χ1v) is 28.3. The van der Waals surface area contributed by atoms with E-state index in [0.29, 0.717) is 50.9 Å². The van der Waals surface area contributed by atoms with Gasteiger partial charge in [-0.2, -0.15) is 0 Å². The first-order valence-electron chi connectivity index (χ1n) is 21.7. The topological polar surface area (TPSA) is 82.1 Å². The Balaban J connectivity index is 2.57. The molecule has 0 spiro atoms. The highest BCUT2D eigenvalue weighted by Crippen LogP contribution is 2.56. The molecule has 0 aliphatic heterocycles. The van der Waals surface area contributed by atoms with Gasteiger partial charge in [-0.05, 0) is 171 Å². The molecule has 6 nitrogen and oxygen atoms in total. The van der Waals surface area contributed by atoms with Gasteiger partial charge in [0.05, 0.1) is 11.2 Å². The molecule has 0 saturated heterocycles. The van der Waals surface area contributed by atoms with Crippen molar-refractivity contribution in [1.82, 2.24) is 0 Å². The van der Waals surface area contributed by atoms with Crippen LogP contribution in [0.15, 0.2) is 74.8 Å². The number of aliphatic hydroxyl groups is 1. The third-order valence-corrected chi connectivity index (χ3v) is 23.2. The van der Waals surface area contributed by atoms with Crippen molar-refractivity contribution in [3.8, 4) is 0 Å². The number of esters is 1. The molecule has 0 radical (unpaired) electrons. The summed E-state index contributed by atoms with van der Waals surface area (Å²) in [6.45, 7) is 36.2. The molecule has 1 aliphatic carbocycles. The Morgan fingerprint density at radius 3 is 2.05 bits per heavy atom. The molecular formula is C49H81BrO6Si2. The van der Waals surface area contributed by atoms with Crippen molar-refractivity contribution in [1.29, 1.82) is 0 Å². The molecule has 4 atom stereocenters. The zero-order chi connectivity index (χ0) is 44.3. The molecule has 0 heterocycles. The molecule has 1 aromatic rings. The maximum absolute atomic E-state index is 13.4. The highest BCUT2D eigenvalue weighted by atomic mass is 79.9. The summed E-state index contributed by atoms with van der Waals surface area (Å²) < 4.78 is 20.9. The quantitative estimate of drug-likeness (QED) is 0.0351. The number of carbonyl (C=O) groups is 2. The van der Waals surface area contributed by atoms with Gasteiger partial charge in [0.15, 0.2) is 16.6 Å². The number of halogens is 1. The van der Waals surface area contributed by atoms with E-state index in [-0.39, 0.29) is 22.0 Å². The van der Waals surface area contributed by atoms with Crippen LogP contribution in [0, 0.1) is 11.3 Å². The molecule has 328 valence electrons. The zero-order valence-electron chi connectivity index (χ0n) is 39.4. The van der Waals surface area contributed by atoms with Gasteiger partial charge in [0.1, 0.15) is 12.4 Å².